The molecular formula is C16H23NO4S. The quantitative estimate of drug-likeness (QED) is 0.805. The molecule has 22 heavy (non-hydrogen) atoms. The zero-order valence-electron chi connectivity index (χ0n) is 13.1. The highest BCUT2D eigenvalue weighted by atomic mass is 32.2. The highest BCUT2D eigenvalue weighted by Gasteiger charge is 2.50. The maximum absolute atomic E-state index is 12.4. The van der Waals surface area contributed by atoms with Gasteiger partial charge in [0.15, 0.2) is 0 Å². The van der Waals surface area contributed by atoms with E-state index in [0.29, 0.717) is 12.5 Å². The van der Waals surface area contributed by atoms with Gasteiger partial charge in [0.25, 0.3) is 0 Å². The van der Waals surface area contributed by atoms with Gasteiger partial charge in [-0.05, 0) is 56.4 Å². The summed E-state index contributed by atoms with van der Waals surface area (Å²) in [6.45, 7) is 2.13. The van der Waals surface area contributed by atoms with Crippen LogP contribution in [0.3, 0.4) is 0 Å². The van der Waals surface area contributed by atoms with E-state index >= 15 is 0 Å². The van der Waals surface area contributed by atoms with Crippen molar-refractivity contribution in [1.29, 1.82) is 0 Å². The van der Waals surface area contributed by atoms with Crippen LogP contribution in [0.1, 0.15) is 26.2 Å². The highest BCUT2D eigenvalue weighted by Crippen LogP contribution is 2.44. The molecule has 0 spiro atoms. The molecule has 1 aromatic rings. The minimum absolute atomic E-state index is 0.0224. The predicted octanol–water partition coefficient (Wildman–Crippen LogP) is 2.28. The van der Waals surface area contributed by atoms with Gasteiger partial charge in [0.1, 0.15) is 18.1 Å². The number of benzene rings is 1. The Morgan fingerprint density at radius 2 is 1.86 bits per heavy atom. The molecule has 1 saturated carbocycles. The standard InChI is InChI=1S/C16H23NO4S/c1-3-22(18,19)17-13-5-4-12(10-13)16(17)11-21-15-8-6-14(20-2)7-9-15/h6-9,12-13,16H,3-5,10-11H2,1-2H3/t12?,13?,16-/m1/s1. The van der Waals surface area contributed by atoms with E-state index < -0.39 is 10.0 Å². The SMILES string of the molecule is CCS(=O)(=O)N1C2CCC(C2)[C@H]1COc1ccc(OC)cc1. The Labute approximate surface area is 132 Å². The zero-order chi connectivity index (χ0) is 15.7. The minimum atomic E-state index is -3.16. The molecule has 0 aromatic heterocycles. The number of methoxy groups -OCH3 is 1. The maximum atomic E-state index is 12.4. The third kappa shape index (κ3) is 2.82. The molecule has 1 aliphatic heterocycles. The first-order valence-corrected chi connectivity index (χ1v) is 9.44. The van der Waals surface area contributed by atoms with Gasteiger partial charge in [-0.25, -0.2) is 8.42 Å². The van der Waals surface area contributed by atoms with E-state index in [1.165, 1.54) is 0 Å². The lowest BCUT2D eigenvalue weighted by atomic mass is 10.0. The second kappa shape index (κ2) is 6.08. The highest BCUT2D eigenvalue weighted by molar-refractivity contribution is 7.89. The van der Waals surface area contributed by atoms with Crippen molar-refractivity contribution in [2.75, 3.05) is 19.5 Å². The molecule has 3 rings (SSSR count). The molecule has 2 unspecified atom stereocenters. The van der Waals surface area contributed by atoms with E-state index in [0.717, 1.165) is 30.8 Å². The normalized spacial score (nSPS) is 28.0. The lowest BCUT2D eigenvalue weighted by Crippen LogP contribution is -2.48. The number of hydrogen-bond acceptors (Lipinski definition) is 4. The number of ether oxygens (including phenoxy) is 2. The molecule has 3 atom stereocenters. The molecular weight excluding hydrogens is 302 g/mol. The molecule has 0 radical (unpaired) electrons. The summed E-state index contributed by atoms with van der Waals surface area (Å²) in [4.78, 5) is 0. The van der Waals surface area contributed by atoms with E-state index in [4.69, 9.17) is 9.47 Å². The summed E-state index contributed by atoms with van der Waals surface area (Å²) in [5.41, 5.74) is 0. The first-order valence-electron chi connectivity index (χ1n) is 7.83. The van der Waals surface area contributed by atoms with Crippen LogP contribution in [-0.2, 0) is 10.0 Å². The molecule has 1 aliphatic carbocycles. The summed E-state index contributed by atoms with van der Waals surface area (Å²) in [7, 11) is -1.54. The topological polar surface area (TPSA) is 55.8 Å². The average Bonchev–Trinajstić information content (AvgIpc) is 3.14. The van der Waals surface area contributed by atoms with Crippen molar-refractivity contribution in [3.05, 3.63) is 24.3 Å². The summed E-state index contributed by atoms with van der Waals surface area (Å²) in [6.07, 6.45) is 3.08. The maximum Gasteiger partial charge on any atom is 0.214 e. The number of rotatable bonds is 6. The molecule has 0 N–H and O–H groups in total. The van der Waals surface area contributed by atoms with Gasteiger partial charge in [-0.1, -0.05) is 0 Å². The van der Waals surface area contributed by atoms with Gasteiger partial charge in [0.05, 0.1) is 18.9 Å². The number of hydrogen-bond donors (Lipinski definition) is 0. The molecule has 2 bridgehead atoms. The zero-order valence-corrected chi connectivity index (χ0v) is 13.9. The van der Waals surface area contributed by atoms with Gasteiger partial charge in [-0.3, -0.25) is 0 Å². The molecule has 2 fully saturated rings. The Balaban J connectivity index is 1.70. The summed E-state index contributed by atoms with van der Waals surface area (Å²) in [6, 6.07) is 7.55. The number of nitrogens with zero attached hydrogens (tertiary/aromatic N) is 1. The van der Waals surface area contributed by atoms with Crippen LogP contribution in [0.5, 0.6) is 11.5 Å². The largest absolute Gasteiger partial charge is 0.497 e. The third-order valence-electron chi connectivity index (χ3n) is 4.84. The van der Waals surface area contributed by atoms with E-state index in [1.54, 1.807) is 18.3 Å². The van der Waals surface area contributed by atoms with Gasteiger partial charge < -0.3 is 9.47 Å². The summed E-state index contributed by atoms with van der Waals surface area (Å²) in [5, 5.41) is 0. The second-order valence-corrected chi connectivity index (χ2v) is 8.17. The monoisotopic (exact) mass is 325 g/mol. The van der Waals surface area contributed by atoms with Crippen LogP contribution in [-0.4, -0.2) is 44.3 Å². The molecule has 2 aliphatic rings. The van der Waals surface area contributed by atoms with Crippen LogP contribution in [0.15, 0.2) is 24.3 Å². The summed E-state index contributed by atoms with van der Waals surface area (Å²) in [5.74, 6) is 2.12. The van der Waals surface area contributed by atoms with Crippen LogP contribution in [0.25, 0.3) is 0 Å². The van der Waals surface area contributed by atoms with E-state index in [-0.39, 0.29) is 17.8 Å². The van der Waals surface area contributed by atoms with Crippen molar-refractivity contribution in [3.8, 4) is 11.5 Å². The molecule has 122 valence electrons. The smallest absolute Gasteiger partial charge is 0.214 e. The van der Waals surface area contributed by atoms with E-state index in [1.807, 2.05) is 24.3 Å². The van der Waals surface area contributed by atoms with E-state index in [2.05, 4.69) is 0 Å². The van der Waals surface area contributed by atoms with Crippen molar-refractivity contribution in [3.63, 3.8) is 0 Å². The molecule has 0 amide bonds. The van der Waals surface area contributed by atoms with Crippen LogP contribution in [0.4, 0.5) is 0 Å². The fourth-order valence-corrected chi connectivity index (χ4v) is 5.29. The lowest BCUT2D eigenvalue weighted by molar-refractivity contribution is 0.162. The minimum Gasteiger partial charge on any atom is -0.497 e. The molecule has 1 aromatic carbocycles. The third-order valence-corrected chi connectivity index (χ3v) is 6.78. The van der Waals surface area contributed by atoms with Gasteiger partial charge in [0.2, 0.25) is 10.0 Å². The lowest BCUT2D eigenvalue weighted by Gasteiger charge is -2.33. The van der Waals surface area contributed by atoms with Gasteiger partial charge in [-0.2, -0.15) is 4.31 Å². The summed E-state index contributed by atoms with van der Waals surface area (Å²) < 4.78 is 37.4. The summed E-state index contributed by atoms with van der Waals surface area (Å²) >= 11 is 0. The molecule has 5 nitrogen and oxygen atoms in total. The van der Waals surface area contributed by atoms with Crippen molar-refractivity contribution in [2.24, 2.45) is 5.92 Å². The van der Waals surface area contributed by atoms with Crippen LogP contribution >= 0.6 is 0 Å². The fraction of sp³-hybridized carbons (Fsp3) is 0.625. The van der Waals surface area contributed by atoms with Crippen LogP contribution in [0.2, 0.25) is 0 Å². The Hall–Kier alpha value is -1.27. The molecule has 1 heterocycles. The predicted molar refractivity (Wildman–Crippen MR) is 84.7 cm³/mol. The van der Waals surface area contributed by atoms with Gasteiger partial charge in [0, 0.05) is 6.04 Å². The fourth-order valence-electron chi connectivity index (χ4n) is 3.70. The van der Waals surface area contributed by atoms with Gasteiger partial charge >= 0.3 is 0 Å². The number of fused-ring (bicyclic) bond motifs is 2. The van der Waals surface area contributed by atoms with Crippen molar-refractivity contribution in [2.45, 2.75) is 38.3 Å². The average molecular weight is 325 g/mol. The van der Waals surface area contributed by atoms with Crippen molar-refractivity contribution >= 4 is 10.0 Å². The van der Waals surface area contributed by atoms with E-state index in [9.17, 15) is 8.42 Å². The van der Waals surface area contributed by atoms with Crippen LogP contribution < -0.4 is 9.47 Å². The second-order valence-electron chi connectivity index (χ2n) is 6.01. The number of piperidine rings is 1. The van der Waals surface area contributed by atoms with Crippen molar-refractivity contribution < 1.29 is 17.9 Å². The Morgan fingerprint density at radius 1 is 1.18 bits per heavy atom. The first-order chi connectivity index (χ1) is 10.5. The van der Waals surface area contributed by atoms with Crippen LogP contribution in [0, 0.1) is 5.92 Å². The molecule has 1 saturated heterocycles. The van der Waals surface area contributed by atoms with Gasteiger partial charge in [-0.15, -0.1) is 0 Å². The Bertz CT molecular complexity index is 614. The molecule has 6 heteroatoms. The Morgan fingerprint density at radius 3 is 2.50 bits per heavy atom. The number of sulfonamides is 1. The Kier molecular flexibility index (Phi) is 4.32. The van der Waals surface area contributed by atoms with Crippen molar-refractivity contribution in [1.82, 2.24) is 4.31 Å². The first kappa shape index (κ1) is 15.6.